The van der Waals surface area contributed by atoms with Gasteiger partial charge in [-0.1, -0.05) is 0 Å². The van der Waals surface area contributed by atoms with Gasteiger partial charge in [0.25, 0.3) is 5.91 Å². The van der Waals surface area contributed by atoms with E-state index in [2.05, 4.69) is 37.6 Å². The van der Waals surface area contributed by atoms with E-state index >= 15 is 0 Å². The number of nitrogens with one attached hydrogen (secondary N) is 2. The largest absolute Gasteiger partial charge is 0.416 e. The third-order valence-corrected chi connectivity index (χ3v) is 3.94. The fourth-order valence-corrected chi connectivity index (χ4v) is 2.48. The van der Waals surface area contributed by atoms with Crippen molar-refractivity contribution in [2.45, 2.75) is 25.7 Å². The molecule has 186 valence electrons. The van der Waals surface area contributed by atoms with Crippen molar-refractivity contribution in [3.05, 3.63) is 53.6 Å². The number of alkyl halides is 6. The lowest BCUT2D eigenvalue weighted by atomic mass is 10.0. The number of nitrogens with zero attached hydrogens (tertiary/aromatic N) is 5. The Morgan fingerprint density at radius 2 is 1.71 bits per heavy atom. The fourth-order valence-electron chi connectivity index (χ4n) is 2.48. The second-order valence-corrected chi connectivity index (χ2v) is 6.56. The SMILES string of the molecule is C=N/C=C(CC(=O)NNC(=O)/C=C\n1cnc(-c2cc(C(F)(F)F)cc(C(F)(F)F)c2)n1)\N=C/C. The van der Waals surface area contributed by atoms with Crippen LogP contribution < -0.4 is 10.9 Å². The number of benzene rings is 1. The summed E-state index contributed by atoms with van der Waals surface area (Å²) in [7, 11) is 0. The molecular formula is C20H17F6N7O2. The molecule has 0 unspecified atom stereocenters. The molecule has 15 heteroatoms. The molecule has 2 amide bonds. The van der Waals surface area contributed by atoms with Crippen LogP contribution in [0.2, 0.25) is 0 Å². The van der Waals surface area contributed by atoms with Crippen LogP contribution in [0.25, 0.3) is 17.6 Å². The lowest BCUT2D eigenvalue weighted by molar-refractivity contribution is -0.143. The Labute approximate surface area is 193 Å². The van der Waals surface area contributed by atoms with Crippen LogP contribution in [0.1, 0.15) is 24.5 Å². The molecule has 0 aliphatic heterocycles. The van der Waals surface area contributed by atoms with Gasteiger partial charge in [0.05, 0.1) is 23.2 Å². The molecule has 0 aliphatic carbocycles. The van der Waals surface area contributed by atoms with Gasteiger partial charge in [-0.05, 0) is 31.8 Å². The van der Waals surface area contributed by atoms with Crippen molar-refractivity contribution in [2.24, 2.45) is 9.98 Å². The Balaban J connectivity index is 2.10. The summed E-state index contributed by atoms with van der Waals surface area (Å²) in [6.45, 7) is 4.87. The van der Waals surface area contributed by atoms with Crippen LogP contribution in [0.5, 0.6) is 0 Å². The monoisotopic (exact) mass is 501 g/mol. The first-order valence-corrected chi connectivity index (χ1v) is 9.45. The lowest BCUT2D eigenvalue weighted by Crippen LogP contribution is -2.40. The van der Waals surface area contributed by atoms with E-state index in [1.54, 1.807) is 6.92 Å². The van der Waals surface area contributed by atoms with Crippen LogP contribution in [0.4, 0.5) is 26.3 Å². The molecule has 1 aromatic carbocycles. The van der Waals surface area contributed by atoms with E-state index < -0.39 is 46.7 Å². The van der Waals surface area contributed by atoms with Crippen LogP contribution in [0.15, 0.2) is 52.5 Å². The zero-order chi connectivity index (χ0) is 26.2. The summed E-state index contributed by atoms with van der Waals surface area (Å²) in [5.41, 5.74) is 0.900. The zero-order valence-corrected chi connectivity index (χ0v) is 17.9. The molecule has 0 spiro atoms. The molecule has 0 saturated heterocycles. The molecule has 0 aliphatic rings. The molecule has 0 atom stereocenters. The summed E-state index contributed by atoms with van der Waals surface area (Å²) in [6, 6.07) is 0.947. The summed E-state index contributed by atoms with van der Waals surface area (Å²) >= 11 is 0. The molecule has 2 N–H and O–H groups in total. The summed E-state index contributed by atoms with van der Waals surface area (Å²) in [4.78, 5) is 34.7. The molecule has 0 fully saturated rings. The first-order valence-electron chi connectivity index (χ1n) is 9.45. The van der Waals surface area contributed by atoms with E-state index in [9.17, 15) is 35.9 Å². The Kier molecular flexibility index (Phi) is 8.64. The van der Waals surface area contributed by atoms with E-state index in [1.165, 1.54) is 12.4 Å². The average molecular weight is 501 g/mol. The third-order valence-electron chi connectivity index (χ3n) is 3.94. The number of amides is 2. The van der Waals surface area contributed by atoms with Gasteiger partial charge in [-0.15, -0.1) is 5.10 Å². The van der Waals surface area contributed by atoms with Gasteiger partial charge in [0, 0.05) is 30.3 Å². The van der Waals surface area contributed by atoms with Crippen molar-refractivity contribution in [1.29, 1.82) is 0 Å². The fraction of sp³-hybridized carbons (Fsp3) is 0.200. The molecule has 0 bridgehead atoms. The molecule has 0 radical (unpaired) electrons. The summed E-state index contributed by atoms with van der Waals surface area (Å²) in [6.07, 6.45) is -4.70. The molecule has 35 heavy (non-hydrogen) atoms. The Morgan fingerprint density at radius 1 is 1.09 bits per heavy atom. The van der Waals surface area contributed by atoms with Crippen molar-refractivity contribution < 1.29 is 35.9 Å². The van der Waals surface area contributed by atoms with Crippen LogP contribution in [-0.4, -0.2) is 39.5 Å². The Bertz CT molecular complexity index is 1150. The maximum atomic E-state index is 13.0. The second kappa shape index (κ2) is 11.2. The molecule has 0 saturated carbocycles. The second-order valence-electron chi connectivity index (χ2n) is 6.56. The van der Waals surface area contributed by atoms with Crippen molar-refractivity contribution in [2.75, 3.05) is 0 Å². The molecule has 2 aromatic rings. The van der Waals surface area contributed by atoms with Crippen molar-refractivity contribution in [1.82, 2.24) is 25.6 Å². The maximum Gasteiger partial charge on any atom is 0.416 e. The Morgan fingerprint density at radius 3 is 2.26 bits per heavy atom. The average Bonchev–Trinajstić information content (AvgIpc) is 3.24. The van der Waals surface area contributed by atoms with Gasteiger partial charge < -0.3 is 0 Å². The minimum Gasteiger partial charge on any atom is -0.273 e. The van der Waals surface area contributed by atoms with Gasteiger partial charge in [0.15, 0.2) is 5.82 Å². The van der Waals surface area contributed by atoms with Gasteiger partial charge in [-0.3, -0.25) is 30.4 Å². The number of carbonyl (C=O) groups excluding carboxylic acids is 2. The number of hydrogen-bond donors (Lipinski definition) is 2. The number of aromatic nitrogens is 3. The molecule has 1 heterocycles. The van der Waals surface area contributed by atoms with Gasteiger partial charge >= 0.3 is 12.4 Å². The highest BCUT2D eigenvalue weighted by Crippen LogP contribution is 2.38. The van der Waals surface area contributed by atoms with E-state index in [0.29, 0.717) is 12.1 Å². The van der Waals surface area contributed by atoms with Gasteiger partial charge in [-0.2, -0.15) is 26.3 Å². The van der Waals surface area contributed by atoms with Crippen molar-refractivity contribution >= 4 is 30.9 Å². The third kappa shape index (κ3) is 8.21. The van der Waals surface area contributed by atoms with E-state index in [-0.39, 0.29) is 18.2 Å². The van der Waals surface area contributed by atoms with Crippen molar-refractivity contribution in [3.63, 3.8) is 0 Å². The number of halogens is 6. The number of carbonyl (C=O) groups is 2. The highest BCUT2D eigenvalue weighted by molar-refractivity contribution is 5.92. The van der Waals surface area contributed by atoms with Crippen LogP contribution >= 0.6 is 0 Å². The smallest absolute Gasteiger partial charge is 0.273 e. The van der Waals surface area contributed by atoms with E-state index in [0.717, 1.165) is 23.3 Å². The maximum absolute atomic E-state index is 13.0. The minimum atomic E-state index is -5.03. The number of hydrazine groups is 1. The summed E-state index contributed by atoms with van der Waals surface area (Å²) in [5, 5.41) is 3.75. The highest BCUT2D eigenvalue weighted by atomic mass is 19.4. The zero-order valence-electron chi connectivity index (χ0n) is 17.9. The van der Waals surface area contributed by atoms with Crippen molar-refractivity contribution in [3.8, 4) is 11.4 Å². The van der Waals surface area contributed by atoms with E-state index in [1.807, 2.05) is 0 Å². The lowest BCUT2D eigenvalue weighted by Gasteiger charge is -2.13. The molecular weight excluding hydrogens is 484 g/mol. The van der Waals surface area contributed by atoms with E-state index in [4.69, 9.17) is 0 Å². The predicted octanol–water partition coefficient (Wildman–Crippen LogP) is 3.62. The summed E-state index contributed by atoms with van der Waals surface area (Å²) in [5.74, 6) is -1.88. The standard InChI is InChI=1S/C20H17F6N7O2/c1-3-28-15(10-27-2)9-17(35)31-30-16(34)4-5-33-11-29-18(32-33)12-6-13(19(21,22)23)8-14(7-12)20(24,25)26/h3-8,10-11H,2,9H2,1H3,(H,30,34)(H,31,35)/b5-4-,15-10-,28-3-. The topological polar surface area (TPSA) is 114 Å². The molecule has 1 aromatic heterocycles. The number of rotatable bonds is 7. The van der Waals surface area contributed by atoms with Gasteiger partial charge in [-0.25, -0.2) is 9.67 Å². The number of hydrogen-bond acceptors (Lipinski definition) is 6. The van der Waals surface area contributed by atoms with Gasteiger partial charge in [0.1, 0.15) is 6.33 Å². The first-order chi connectivity index (χ1) is 16.3. The Hall–Kier alpha value is -4.30. The van der Waals surface area contributed by atoms with Gasteiger partial charge in [0.2, 0.25) is 5.91 Å². The minimum absolute atomic E-state index is 0.0136. The van der Waals surface area contributed by atoms with Crippen LogP contribution in [-0.2, 0) is 21.9 Å². The quantitative estimate of drug-likeness (QED) is 0.261. The predicted molar refractivity (Wildman–Crippen MR) is 113 cm³/mol. The normalized spacial score (nSPS) is 12.8. The molecule has 9 nitrogen and oxygen atoms in total. The highest BCUT2D eigenvalue weighted by Gasteiger charge is 2.37. The summed E-state index contributed by atoms with van der Waals surface area (Å²) < 4.78 is 79.0. The van der Waals surface area contributed by atoms with Crippen LogP contribution in [0, 0.1) is 0 Å². The molecule has 2 rings (SSSR count). The van der Waals surface area contributed by atoms with Crippen LogP contribution in [0.3, 0.4) is 0 Å². The first kappa shape index (κ1) is 26.9. The number of aliphatic imine (C=N–C) groups is 2.